The van der Waals surface area contributed by atoms with Crippen LogP contribution in [0, 0.1) is 6.92 Å². The number of hydrogen-bond donors (Lipinski definition) is 1. The Labute approximate surface area is 98.9 Å². The quantitative estimate of drug-likeness (QED) is 0.712. The first-order valence-electron chi connectivity index (χ1n) is 5.98. The van der Waals surface area contributed by atoms with Crippen molar-refractivity contribution >= 4 is 0 Å². The van der Waals surface area contributed by atoms with Crippen LogP contribution in [0.2, 0.25) is 0 Å². The Balaban J connectivity index is 2.25. The van der Waals surface area contributed by atoms with Crippen LogP contribution >= 0.6 is 0 Å². The van der Waals surface area contributed by atoms with Gasteiger partial charge in [0.15, 0.2) is 0 Å². The zero-order valence-corrected chi connectivity index (χ0v) is 10.7. The predicted octanol–water partition coefficient (Wildman–Crippen LogP) is 1.82. The molecule has 0 saturated heterocycles. The summed E-state index contributed by atoms with van der Waals surface area (Å²) in [7, 11) is 4.16. The van der Waals surface area contributed by atoms with Gasteiger partial charge < -0.3 is 10.2 Å². The van der Waals surface area contributed by atoms with E-state index in [9.17, 15) is 0 Å². The first kappa shape index (κ1) is 13.1. The minimum atomic E-state index is 0.946. The number of aryl methyl sites for hydroxylation is 1. The molecular weight excluding hydrogens is 198 g/mol. The van der Waals surface area contributed by atoms with Crippen molar-refractivity contribution in [3.63, 3.8) is 0 Å². The zero-order chi connectivity index (χ0) is 11.8. The minimum Gasteiger partial charge on any atom is -0.320 e. The molecule has 16 heavy (non-hydrogen) atoms. The molecule has 0 unspecified atom stereocenters. The van der Waals surface area contributed by atoms with E-state index in [2.05, 4.69) is 34.4 Å². The molecule has 0 fully saturated rings. The van der Waals surface area contributed by atoms with Gasteiger partial charge in [-0.05, 0) is 59.1 Å². The second-order valence-corrected chi connectivity index (χ2v) is 4.32. The molecule has 0 spiro atoms. The van der Waals surface area contributed by atoms with Gasteiger partial charge in [0.25, 0.3) is 0 Å². The Morgan fingerprint density at radius 1 is 1.31 bits per heavy atom. The van der Waals surface area contributed by atoms with E-state index in [1.165, 1.54) is 12.8 Å². The number of aromatic nitrogens is 1. The number of nitrogens with one attached hydrogen (secondary N) is 1. The van der Waals surface area contributed by atoms with Gasteiger partial charge in [-0.3, -0.25) is 4.98 Å². The summed E-state index contributed by atoms with van der Waals surface area (Å²) in [5.74, 6) is 0. The average molecular weight is 221 g/mol. The van der Waals surface area contributed by atoms with Crippen LogP contribution in [0.4, 0.5) is 0 Å². The van der Waals surface area contributed by atoms with Gasteiger partial charge in [-0.2, -0.15) is 0 Å². The normalized spacial score (nSPS) is 11.0. The summed E-state index contributed by atoms with van der Waals surface area (Å²) >= 11 is 0. The Morgan fingerprint density at radius 3 is 2.81 bits per heavy atom. The highest BCUT2D eigenvalue weighted by Crippen LogP contribution is 2.02. The first-order chi connectivity index (χ1) is 7.72. The Hall–Kier alpha value is -0.930. The second kappa shape index (κ2) is 7.36. The summed E-state index contributed by atoms with van der Waals surface area (Å²) in [5.41, 5.74) is 2.26. The lowest BCUT2D eigenvalue weighted by Gasteiger charge is -2.16. The summed E-state index contributed by atoms with van der Waals surface area (Å²) < 4.78 is 0. The van der Waals surface area contributed by atoms with Crippen LogP contribution in [0.3, 0.4) is 0 Å². The van der Waals surface area contributed by atoms with Gasteiger partial charge in [0, 0.05) is 12.2 Å². The molecule has 0 radical (unpaired) electrons. The van der Waals surface area contributed by atoms with E-state index in [-0.39, 0.29) is 0 Å². The molecular formula is C13H23N3. The summed E-state index contributed by atoms with van der Waals surface area (Å²) in [5, 5.41) is 3.17. The molecule has 0 atom stereocenters. The van der Waals surface area contributed by atoms with E-state index < -0.39 is 0 Å². The molecule has 1 heterocycles. The third-order valence-corrected chi connectivity index (χ3v) is 2.59. The molecule has 0 amide bonds. The van der Waals surface area contributed by atoms with Gasteiger partial charge >= 0.3 is 0 Å². The number of rotatable bonds is 7. The zero-order valence-electron chi connectivity index (χ0n) is 10.7. The Morgan fingerprint density at radius 2 is 2.12 bits per heavy atom. The maximum absolute atomic E-state index is 4.50. The fraction of sp³-hybridized carbons (Fsp3) is 0.615. The Kier molecular flexibility index (Phi) is 6.04. The van der Waals surface area contributed by atoms with Crippen LogP contribution in [0.5, 0.6) is 0 Å². The standard InChI is InChI=1S/C13H23N3/c1-12-7-6-8-13(15-12)11-16(3)10-5-4-9-14-2/h6-8,14H,4-5,9-11H2,1-3H3. The minimum absolute atomic E-state index is 0.946. The van der Waals surface area contributed by atoms with Crippen molar-refractivity contribution in [2.75, 3.05) is 27.2 Å². The number of hydrogen-bond acceptors (Lipinski definition) is 3. The molecule has 0 aromatic carbocycles. The van der Waals surface area contributed by atoms with Crippen LogP contribution in [0.25, 0.3) is 0 Å². The predicted molar refractivity (Wildman–Crippen MR) is 68.5 cm³/mol. The van der Waals surface area contributed by atoms with Gasteiger partial charge in [0.05, 0.1) is 5.69 Å². The van der Waals surface area contributed by atoms with Gasteiger partial charge in [-0.25, -0.2) is 0 Å². The van der Waals surface area contributed by atoms with Crippen molar-refractivity contribution in [1.82, 2.24) is 15.2 Å². The highest BCUT2D eigenvalue weighted by Gasteiger charge is 2.01. The fourth-order valence-electron chi connectivity index (χ4n) is 1.73. The first-order valence-corrected chi connectivity index (χ1v) is 5.98. The highest BCUT2D eigenvalue weighted by atomic mass is 15.1. The van der Waals surface area contributed by atoms with Crippen molar-refractivity contribution in [1.29, 1.82) is 0 Å². The van der Waals surface area contributed by atoms with Gasteiger partial charge in [-0.1, -0.05) is 6.07 Å². The molecule has 1 rings (SSSR count). The van der Waals surface area contributed by atoms with Crippen molar-refractivity contribution in [3.8, 4) is 0 Å². The molecule has 0 aliphatic heterocycles. The van der Waals surface area contributed by atoms with Crippen molar-refractivity contribution in [2.24, 2.45) is 0 Å². The average Bonchev–Trinajstić information content (AvgIpc) is 2.24. The molecule has 1 aromatic heterocycles. The molecule has 3 heteroatoms. The van der Waals surface area contributed by atoms with Crippen LogP contribution in [-0.4, -0.2) is 37.1 Å². The molecule has 0 aliphatic rings. The molecule has 3 nitrogen and oxygen atoms in total. The van der Waals surface area contributed by atoms with Crippen molar-refractivity contribution in [3.05, 3.63) is 29.6 Å². The van der Waals surface area contributed by atoms with E-state index in [0.717, 1.165) is 31.0 Å². The lowest BCUT2D eigenvalue weighted by molar-refractivity contribution is 0.314. The maximum Gasteiger partial charge on any atom is 0.0547 e. The van der Waals surface area contributed by atoms with Crippen LogP contribution in [0.15, 0.2) is 18.2 Å². The number of unbranched alkanes of at least 4 members (excludes halogenated alkanes) is 1. The van der Waals surface area contributed by atoms with E-state index in [4.69, 9.17) is 0 Å². The third-order valence-electron chi connectivity index (χ3n) is 2.59. The molecule has 90 valence electrons. The molecule has 1 N–H and O–H groups in total. The lowest BCUT2D eigenvalue weighted by Crippen LogP contribution is -2.21. The monoisotopic (exact) mass is 221 g/mol. The van der Waals surface area contributed by atoms with Crippen molar-refractivity contribution in [2.45, 2.75) is 26.3 Å². The van der Waals surface area contributed by atoms with Crippen molar-refractivity contribution < 1.29 is 0 Å². The van der Waals surface area contributed by atoms with Gasteiger partial charge in [-0.15, -0.1) is 0 Å². The number of nitrogens with zero attached hydrogens (tertiary/aromatic N) is 2. The lowest BCUT2D eigenvalue weighted by atomic mass is 10.2. The Bertz CT molecular complexity index is 299. The summed E-state index contributed by atoms with van der Waals surface area (Å²) in [4.78, 5) is 6.83. The highest BCUT2D eigenvalue weighted by molar-refractivity contribution is 5.09. The topological polar surface area (TPSA) is 28.2 Å². The van der Waals surface area contributed by atoms with Crippen LogP contribution in [0.1, 0.15) is 24.2 Å². The fourth-order valence-corrected chi connectivity index (χ4v) is 1.73. The third kappa shape index (κ3) is 5.24. The van der Waals surface area contributed by atoms with Gasteiger partial charge in [0.2, 0.25) is 0 Å². The van der Waals surface area contributed by atoms with E-state index in [0.29, 0.717) is 0 Å². The van der Waals surface area contributed by atoms with Crippen LogP contribution in [-0.2, 0) is 6.54 Å². The smallest absolute Gasteiger partial charge is 0.0547 e. The summed E-state index contributed by atoms with van der Waals surface area (Å²) in [6, 6.07) is 6.21. The number of pyridine rings is 1. The summed E-state index contributed by atoms with van der Waals surface area (Å²) in [6.45, 7) is 5.23. The van der Waals surface area contributed by atoms with Gasteiger partial charge in [0.1, 0.15) is 0 Å². The molecule has 0 aliphatic carbocycles. The molecule has 0 bridgehead atoms. The molecule has 0 saturated carbocycles. The van der Waals surface area contributed by atoms with Crippen LogP contribution < -0.4 is 5.32 Å². The SMILES string of the molecule is CNCCCCN(C)Cc1cccc(C)n1. The van der Waals surface area contributed by atoms with E-state index in [1.807, 2.05) is 20.0 Å². The second-order valence-electron chi connectivity index (χ2n) is 4.32. The largest absolute Gasteiger partial charge is 0.320 e. The maximum atomic E-state index is 4.50. The molecule has 1 aromatic rings. The summed E-state index contributed by atoms with van der Waals surface area (Å²) in [6.07, 6.45) is 2.48. The van der Waals surface area contributed by atoms with E-state index >= 15 is 0 Å². The van der Waals surface area contributed by atoms with E-state index in [1.54, 1.807) is 0 Å².